The SMILES string of the molecule is CC(C)NN(C)NN(C)NC(C)C. The summed E-state index contributed by atoms with van der Waals surface area (Å²) in [5.74, 6) is 0. The molecule has 0 radical (unpaired) electrons. The fourth-order valence-corrected chi connectivity index (χ4v) is 1.06. The molecule has 0 aliphatic heterocycles. The first-order valence-electron chi connectivity index (χ1n) is 4.68. The minimum Gasteiger partial charge on any atom is -0.238 e. The van der Waals surface area contributed by atoms with Crippen molar-refractivity contribution in [1.29, 1.82) is 0 Å². The van der Waals surface area contributed by atoms with Crippen LogP contribution in [0.5, 0.6) is 0 Å². The Labute approximate surface area is 81.3 Å². The van der Waals surface area contributed by atoms with E-state index >= 15 is 0 Å². The molecule has 13 heavy (non-hydrogen) atoms. The van der Waals surface area contributed by atoms with Crippen LogP contribution in [-0.2, 0) is 0 Å². The van der Waals surface area contributed by atoms with Gasteiger partial charge in [-0.3, -0.25) is 0 Å². The van der Waals surface area contributed by atoms with Crippen molar-refractivity contribution >= 4 is 0 Å². The first-order valence-corrected chi connectivity index (χ1v) is 4.68. The first-order chi connectivity index (χ1) is 5.91. The average molecular weight is 189 g/mol. The standard InChI is InChI=1S/C8H23N5/c1-7(2)9-12(5)11-13(6)10-8(3)4/h7-11H,1-6H3. The number of nitrogens with zero attached hydrogens (tertiary/aromatic N) is 2. The molecule has 0 bridgehead atoms. The van der Waals surface area contributed by atoms with Crippen molar-refractivity contribution in [3.05, 3.63) is 0 Å². The predicted octanol–water partition coefficient (Wildman–Crippen LogP) is 0.0956. The molecule has 0 saturated carbocycles. The quantitative estimate of drug-likeness (QED) is 0.517. The van der Waals surface area contributed by atoms with E-state index in [-0.39, 0.29) is 0 Å². The summed E-state index contributed by atoms with van der Waals surface area (Å²) in [5, 5.41) is 3.64. The largest absolute Gasteiger partial charge is 0.238 e. The van der Waals surface area contributed by atoms with Gasteiger partial charge in [-0.1, -0.05) is 0 Å². The van der Waals surface area contributed by atoms with Crippen LogP contribution in [0.3, 0.4) is 0 Å². The number of nitrogens with one attached hydrogen (secondary N) is 3. The lowest BCUT2D eigenvalue weighted by Gasteiger charge is -2.29. The second-order valence-electron chi connectivity index (χ2n) is 3.79. The Morgan fingerprint density at radius 3 is 1.31 bits per heavy atom. The van der Waals surface area contributed by atoms with Gasteiger partial charge in [0, 0.05) is 26.2 Å². The predicted molar refractivity (Wildman–Crippen MR) is 55.2 cm³/mol. The Balaban J connectivity index is 3.58. The van der Waals surface area contributed by atoms with Crippen LogP contribution in [0.2, 0.25) is 0 Å². The third kappa shape index (κ3) is 8.14. The van der Waals surface area contributed by atoms with Gasteiger partial charge >= 0.3 is 0 Å². The normalized spacial score (nSPS) is 12.5. The van der Waals surface area contributed by atoms with Crippen LogP contribution in [0, 0.1) is 0 Å². The van der Waals surface area contributed by atoms with E-state index in [0.29, 0.717) is 12.1 Å². The van der Waals surface area contributed by atoms with Gasteiger partial charge in [0.05, 0.1) is 0 Å². The van der Waals surface area contributed by atoms with Gasteiger partial charge in [0.25, 0.3) is 0 Å². The average Bonchev–Trinajstić information content (AvgIpc) is 1.80. The highest BCUT2D eigenvalue weighted by atomic mass is 15.9. The molecule has 0 heterocycles. The molecule has 0 aromatic rings. The molecule has 0 saturated heterocycles. The zero-order chi connectivity index (χ0) is 10.4. The molecule has 0 aromatic carbocycles. The molecule has 0 fully saturated rings. The summed E-state index contributed by atoms with van der Waals surface area (Å²) in [6.07, 6.45) is 0. The highest BCUT2D eigenvalue weighted by Crippen LogP contribution is 1.80. The van der Waals surface area contributed by atoms with Gasteiger partial charge < -0.3 is 0 Å². The van der Waals surface area contributed by atoms with Crippen LogP contribution < -0.4 is 16.4 Å². The summed E-state index contributed by atoms with van der Waals surface area (Å²) in [5.41, 5.74) is 9.46. The van der Waals surface area contributed by atoms with Crippen LogP contribution in [-0.4, -0.2) is 36.4 Å². The number of rotatable bonds is 6. The van der Waals surface area contributed by atoms with E-state index in [1.54, 1.807) is 0 Å². The van der Waals surface area contributed by atoms with Crippen molar-refractivity contribution in [3.8, 4) is 0 Å². The maximum Gasteiger partial charge on any atom is 0.0188 e. The topological polar surface area (TPSA) is 42.6 Å². The Kier molecular flexibility index (Phi) is 6.19. The van der Waals surface area contributed by atoms with Crippen molar-refractivity contribution in [2.45, 2.75) is 39.8 Å². The highest BCUT2D eigenvalue weighted by Gasteiger charge is 2.03. The molecule has 5 nitrogen and oxygen atoms in total. The van der Waals surface area contributed by atoms with Gasteiger partial charge in [-0.2, -0.15) is 15.8 Å². The summed E-state index contributed by atoms with van der Waals surface area (Å²) in [4.78, 5) is 0. The fraction of sp³-hybridized carbons (Fsp3) is 1.00. The first kappa shape index (κ1) is 12.8. The third-order valence-corrected chi connectivity index (χ3v) is 1.20. The van der Waals surface area contributed by atoms with Crippen LogP contribution in [0.25, 0.3) is 0 Å². The molecule has 0 unspecified atom stereocenters. The van der Waals surface area contributed by atoms with E-state index in [1.807, 2.05) is 24.3 Å². The van der Waals surface area contributed by atoms with Crippen LogP contribution in [0.1, 0.15) is 27.7 Å². The van der Waals surface area contributed by atoms with E-state index < -0.39 is 0 Å². The molecule has 0 aliphatic carbocycles. The second kappa shape index (κ2) is 6.28. The Morgan fingerprint density at radius 1 is 0.769 bits per heavy atom. The summed E-state index contributed by atoms with van der Waals surface area (Å²) < 4.78 is 0. The van der Waals surface area contributed by atoms with E-state index in [0.717, 1.165) is 0 Å². The molecular formula is C8H23N5. The number of hydrogen-bond acceptors (Lipinski definition) is 5. The Hall–Kier alpha value is -0.200. The molecule has 5 heteroatoms. The third-order valence-electron chi connectivity index (χ3n) is 1.20. The maximum absolute atomic E-state index is 3.19. The maximum atomic E-state index is 3.19. The molecule has 0 aliphatic rings. The fourth-order valence-electron chi connectivity index (χ4n) is 1.06. The molecule has 3 N–H and O–H groups in total. The lowest BCUT2D eigenvalue weighted by molar-refractivity contribution is -0.0228. The van der Waals surface area contributed by atoms with Crippen LogP contribution in [0.4, 0.5) is 0 Å². The van der Waals surface area contributed by atoms with Crippen molar-refractivity contribution in [3.63, 3.8) is 0 Å². The molecule has 0 rings (SSSR count). The van der Waals surface area contributed by atoms with Gasteiger partial charge in [-0.25, -0.2) is 10.9 Å². The minimum absolute atomic E-state index is 0.421. The van der Waals surface area contributed by atoms with Crippen molar-refractivity contribution in [2.24, 2.45) is 0 Å². The van der Waals surface area contributed by atoms with Gasteiger partial charge in [0.15, 0.2) is 0 Å². The van der Waals surface area contributed by atoms with Crippen molar-refractivity contribution in [1.82, 2.24) is 26.6 Å². The van der Waals surface area contributed by atoms with Gasteiger partial charge in [-0.15, -0.1) is 0 Å². The summed E-state index contributed by atoms with van der Waals surface area (Å²) in [6, 6.07) is 0.842. The van der Waals surface area contributed by atoms with Crippen LogP contribution >= 0.6 is 0 Å². The molecular weight excluding hydrogens is 166 g/mol. The lowest BCUT2D eigenvalue weighted by atomic mass is 10.4. The van der Waals surface area contributed by atoms with E-state index in [4.69, 9.17) is 0 Å². The summed E-state index contributed by atoms with van der Waals surface area (Å²) in [6.45, 7) is 8.37. The Morgan fingerprint density at radius 2 is 1.08 bits per heavy atom. The lowest BCUT2D eigenvalue weighted by Crippen LogP contribution is -2.59. The van der Waals surface area contributed by atoms with Crippen molar-refractivity contribution < 1.29 is 0 Å². The van der Waals surface area contributed by atoms with Crippen molar-refractivity contribution in [2.75, 3.05) is 14.1 Å². The smallest absolute Gasteiger partial charge is 0.0188 e. The molecule has 0 aromatic heterocycles. The van der Waals surface area contributed by atoms with Gasteiger partial charge in [-0.05, 0) is 27.7 Å². The molecule has 80 valence electrons. The van der Waals surface area contributed by atoms with E-state index in [9.17, 15) is 0 Å². The summed E-state index contributed by atoms with van der Waals surface area (Å²) in [7, 11) is 3.86. The highest BCUT2D eigenvalue weighted by molar-refractivity contribution is 4.47. The number of hydrogen-bond donors (Lipinski definition) is 3. The molecule has 0 amide bonds. The van der Waals surface area contributed by atoms with Gasteiger partial charge in [0.2, 0.25) is 0 Å². The second-order valence-corrected chi connectivity index (χ2v) is 3.79. The zero-order valence-corrected chi connectivity index (χ0v) is 9.55. The van der Waals surface area contributed by atoms with Crippen LogP contribution in [0.15, 0.2) is 0 Å². The monoisotopic (exact) mass is 189 g/mol. The Bertz CT molecular complexity index is 112. The van der Waals surface area contributed by atoms with Gasteiger partial charge in [0.1, 0.15) is 0 Å². The van der Waals surface area contributed by atoms with E-state index in [2.05, 4.69) is 44.1 Å². The molecule has 0 atom stereocenters. The number of hydrazine groups is 4. The van der Waals surface area contributed by atoms with E-state index in [1.165, 1.54) is 0 Å². The minimum atomic E-state index is 0.421. The molecule has 0 spiro atoms. The summed E-state index contributed by atoms with van der Waals surface area (Å²) >= 11 is 0. The zero-order valence-electron chi connectivity index (χ0n) is 9.55.